The van der Waals surface area contributed by atoms with Crippen LogP contribution >= 0.6 is 0 Å². The third kappa shape index (κ3) is 5.01. The van der Waals surface area contributed by atoms with Crippen LogP contribution in [0.2, 0.25) is 0 Å². The van der Waals surface area contributed by atoms with Crippen molar-refractivity contribution >= 4 is 38.4 Å². The van der Waals surface area contributed by atoms with Crippen molar-refractivity contribution in [3.63, 3.8) is 0 Å². The highest BCUT2D eigenvalue weighted by atomic mass is 14.9. The second-order valence-corrected chi connectivity index (χ2v) is 12.1. The molecule has 0 amide bonds. The summed E-state index contributed by atoms with van der Waals surface area (Å²) in [6.45, 7) is 0.824. The van der Waals surface area contributed by atoms with Gasteiger partial charge in [-0.05, 0) is 81.9 Å². The van der Waals surface area contributed by atoms with E-state index in [1.54, 1.807) is 0 Å². The number of para-hydroxylation sites is 1. The van der Waals surface area contributed by atoms with E-state index in [9.17, 15) is 0 Å². The van der Waals surface area contributed by atoms with E-state index < -0.39 is 0 Å². The van der Waals surface area contributed by atoms with Gasteiger partial charge >= 0.3 is 0 Å². The van der Waals surface area contributed by atoms with E-state index in [4.69, 9.17) is 9.97 Å². The largest absolute Gasteiger partial charge is 0.381 e. The number of hydrogen-bond donors (Lipinski definition) is 1. The van der Waals surface area contributed by atoms with Gasteiger partial charge in [-0.2, -0.15) is 0 Å². The molecular weight excluding hydrogens is 585 g/mol. The van der Waals surface area contributed by atoms with E-state index in [-0.39, 0.29) is 0 Å². The molecule has 0 bridgehead atoms. The minimum atomic E-state index is 0.824. The predicted octanol–water partition coefficient (Wildman–Crippen LogP) is 10.5. The topological polar surface area (TPSA) is 50.7 Å². The molecule has 0 spiro atoms. The maximum atomic E-state index is 5.07. The Labute approximate surface area is 278 Å². The zero-order valence-corrected chi connectivity index (χ0v) is 26.1. The van der Waals surface area contributed by atoms with Gasteiger partial charge < -0.3 is 5.32 Å². The molecule has 0 unspecified atom stereocenters. The van der Waals surface area contributed by atoms with E-state index in [2.05, 4.69) is 138 Å². The van der Waals surface area contributed by atoms with Crippen LogP contribution in [0.5, 0.6) is 0 Å². The van der Waals surface area contributed by atoms with Gasteiger partial charge in [-0.3, -0.25) is 9.97 Å². The van der Waals surface area contributed by atoms with Gasteiger partial charge in [0, 0.05) is 51.9 Å². The summed E-state index contributed by atoms with van der Waals surface area (Å²) in [7, 11) is 0. The van der Waals surface area contributed by atoms with Gasteiger partial charge in [0.05, 0.1) is 22.2 Å². The van der Waals surface area contributed by atoms with Crippen LogP contribution in [0.25, 0.3) is 83.0 Å². The maximum Gasteiger partial charge on any atom is 0.0978 e. The Kier molecular flexibility index (Phi) is 6.83. The van der Waals surface area contributed by atoms with Crippen LogP contribution in [0, 0.1) is 0 Å². The number of allylic oxidation sites excluding steroid dienone is 2. The number of aromatic nitrogens is 3. The Morgan fingerprint density at radius 3 is 1.98 bits per heavy atom. The average molecular weight is 615 g/mol. The fourth-order valence-corrected chi connectivity index (χ4v) is 6.78. The van der Waals surface area contributed by atoms with Crippen molar-refractivity contribution in [3.8, 4) is 44.6 Å². The number of rotatable bonds is 5. The average Bonchev–Trinajstić information content (AvgIpc) is 3.17. The standard InChI is InChI=1S/C44H30N4/c1-2-12-41-37(9-1)42(38-22-21-33-8-7-25-47-43(33)44(38)48-41)32-19-17-30(18-20-32)29-13-15-31(16-14-29)34-26-35(39-10-3-5-23-45-39)28-36(27-34)40-11-4-6-24-46-40/h1-23,25-28,46H,24H2. The van der Waals surface area contributed by atoms with E-state index in [0.717, 1.165) is 78.5 Å². The minimum absolute atomic E-state index is 0.824. The van der Waals surface area contributed by atoms with Crippen LogP contribution in [0.3, 0.4) is 0 Å². The zero-order chi connectivity index (χ0) is 31.9. The van der Waals surface area contributed by atoms with E-state index in [1.165, 1.54) is 16.7 Å². The number of nitrogens with one attached hydrogen (secondary N) is 1. The van der Waals surface area contributed by atoms with Crippen molar-refractivity contribution in [1.82, 2.24) is 20.3 Å². The monoisotopic (exact) mass is 614 g/mol. The lowest BCUT2D eigenvalue weighted by atomic mass is 9.93. The second-order valence-electron chi connectivity index (χ2n) is 12.1. The van der Waals surface area contributed by atoms with E-state index in [0.29, 0.717) is 0 Å². The fraction of sp³-hybridized carbons (Fsp3) is 0.0227. The van der Waals surface area contributed by atoms with Crippen molar-refractivity contribution in [2.24, 2.45) is 0 Å². The summed E-state index contributed by atoms with van der Waals surface area (Å²) in [5, 5.41) is 6.86. The highest BCUT2D eigenvalue weighted by Crippen LogP contribution is 2.38. The maximum absolute atomic E-state index is 5.07. The second kappa shape index (κ2) is 11.8. The third-order valence-corrected chi connectivity index (χ3v) is 9.16. The first-order valence-electron chi connectivity index (χ1n) is 16.2. The molecule has 0 aliphatic carbocycles. The first kappa shape index (κ1) is 27.9. The summed E-state index contributed by atoms with van der Waals surface area (Å²) in [4.78, 5) is 14.4. The number of fused-ring (bicyclic) bond motifs is 4. The molecule has 0 saturated carbocycles. The molecule has 226 valence electrons. The molecule has 3 aromatic heterocycles. The van der Waals surface area contributed by atoms with Crippen LogP contribution in [-0.4, -0.2) is 21.5 Å². The van der Waals surface area contributed by atoms with Gasteiger partial charge in [0.25, 0.3) is 0 Å². The molecule has 0 radical (unpaired) electrons. The van der Waals surface area contributed by atoms with Crippen molar-refractivity contribution < 1.29 is 0 Å². The van der Waals surface area contributed by atoms with Crippen LogP contribution < -0.4 is 5.32 Å². The number of nitrogens with zero attached hydrogens (tertiary/aromatic N) is 3. The Morgan fingerprint density at radius 1 is 0.500 bits per heavy atom. The summed E-state index contributed by atoms with van der Waals surface area (Å²) in [6, 6.07) is 47.3. The lowest BCUT2D eigenvalue weighted by Crippen LogP contribution is -2.14. The summed E-state index contributed by atoms with van der Waals surface area (Å²) in [5.74, 6) is 0. The Hall–Kier alpha value is -6.39. The third-order valence-electron chi connectivity index (χ3n) is 9.16. The highest BCUT2D eigenvalue weighted by molar-refractivity contribution is 6.15. The van der Waals surface area contributed by atoms with E-state index in [1.807, 2.05) is 36.7 Å². The molecule has 0 saturated heterocycles. The Balaban J connectivity index is 1.09. The Bertz CT molecular complexity index is 2530. The summed E-state index contributed by atoms with van der Waals surface area (Å²) < 4.78 is 0. The first-order chi connectivity index (χ1) is 23.8. The van der Waals surface area contributed by atoms with Crippen molar-refractivity contribution in [3.05, 3.63) is 170 Å². The SMILES string of the molecule is C1=CCNC(c2cc(-c3ccc(-c4ccc(-c5c6ccccc6nc6c5ccc5cccnc56)cc4)cc3)cc(-c3ccccn3)c2)=C1. The van der Waals surface area contributed by atoms with Crippen molar-refractivity contribution in [2.45, 2.75) is 0 Å². The lowest BCUT2D eigenvalue weighted by Gasteiger charge is -2.16. The molecule has 5 aromatic carbocycles. The molecule has 4 heterocycles. The Morgan fingerprint density at radius 2 is 1.21 bits per heavy atom. The quantitative estimate of drug-likeness (QED) is 0.155. The molecule has 1 aliphatic rings. The smallest absolute Gasteiger partial charge is 0.0978 e. The summed E-state index contributed by atoms with van der Waals surface area (Å²) in [6.07, 6.45) is 10.1. The van der Waals surface area contributed by atoms with Crippen LogP contribution in [0.15, 0.2) is 164 Å². The van der Waals surface area contributed by atoms with Gasteiger partial charge in [0.2, 0.25) is 0 Å². The summed E-state index contributed by atoms with van der Waals surface area (Å²) >= 11 is 0. The normalized spacial score (nSPS) is 12.7. The minimum Gasteiger partial charge on any atom is -0.381 e. The number of dihydropyridines is 1. The van der Waals surface area contributed by atoms with Gasteiger partial charge in [-0.1, -0.05) is 103 Å². The number of benzene rings is 5. The van der Waals surface area contributed by atoms with Crippen LogP contribution in [-0.2, 0) is 0 Å². The van der Waals surface area contributed by atoms with Crippen LogP contribution in [0.4, 0.5) is 0 Å². The van der Waals surface area contributed by atoms with E-state index >= 15 is 0 Å². The molecule has 48 heavy (non-hydrogen) atoms. The zero-order valence-electron chi connectivity index (χ0n) is 26.1. The van der Waals surface area contributed by atoms with Gasteiger partial charge in [0.15, 0.2) is 0 Å². The predicted molar refractivity (Wildman–Crippen MR) is 199 cm³/mol. The molecule has 1 N–H and O–H groups in total. The molecule has 8 aromatic rings. The number of hydrogen-bond acceptors (Lipinski definition) is 4. The summed E-state index contributed by atoms with van der Waals surface area (Å²) in [5.41, 5.74) is 14.2. The van der Waals surface area contributed by atoms with Crippen molar-refractivity contribution in [2.75, 3.05) is 6.54 Å². The first-order valence-corrected chi connectivity index (χ1v) is 16.2. The molecule has 4 heteroatoms. The lowest BCUT2D eigenvalue weighted by molar-refractivity contribution is 0.996. The van der Waals surface area contributed by atoms with Gasteiger partial charge in [0.1, 0.15) is 0 Å². The van der Waals surface area contributed by atoms with Gasteiger partial charge in [-0.25, -0.2) is 4.98 Å². The molecule has 1 aliphatic heterocycles. The molecule has 0 fully saturated rings. The fourth-order valence-electron chi connectivity index (χ4n) is 6.78. The van der Waals surface area contributed by atoms with Crippen molar-refractivity contribution in [1.29, 1.82) is 0 Å². The molecular formula is C44H30N4. The molecule has 0 atom stereocenters. The molecule has 4 nitrogen and oxygen atoms in total. The number of pyridine rings is 3. The van der Waals surface area contributed by atoms with Crippen LogP contribution in [0.1, 0.15) is 5.56 Å². The molecule has 9 rings (SSSR count). The highest BCUT2D eigenvalue weighted by Gasteiger charge is 2.15. The van der Waals surface area contributed by atoms with Gasteiger partial charge in [-0.15, -0.1) is 0 Å².